The molecule has 1 atom stereocenters. The molecule has 2 aliphatic rings. The highest BCUT2D eigenvalue weighted by Crippen LogP contribution is 2.63. The summed E-state index contributed by atoms with van der Waals surface area (Å²) in [7, 11) is 0. The Kier molecular flexibility index (Phi) is 1.98. The summed E-state index contributed by atoms with van der Waals surface area (Å²) in [5.41, 5.74) is -0.354. The molecule has 78 valence electrons. The molecule has 0 aromatic heterocycles. The first-order valence-corrected chi connectivity index (χ1v) is 5.07. The Balaban J connectivity index is 2.05. The molecule has 1 aliphatic heterocycles. The molecule has 1 saturated heterocycles. The third-order valence-corrected chi connectivity index (χ3v) is 3.99. The second-order valence-electron chi connectivity index (χ2n) is 4.08. The van der Waals surface area contributed by atoms with Gasteiger partial charge < -0.3 is 5.32 Å². The fraction of sp³-hybridized carbons (Fsp3) is 0.750. The molecular formula is C8H10Cl2N2O2. The van der Waals surface area contributed by atoms with Crippen LogP contribution in [0.25, 0.3) is 0 Å². The topological polar surface area (TPSA) is 49.4 Å². The third kappa shape index (κ3) is 1.37. The monoisotopic (exact) mass is 236 g/mol. The molecule has 1 aliphatic carbocycles. The van der Waals surface area contributed by atoms with Crippen molar-refractivity contribution in [2.75, 3.05) is 13.1 Å². The lowest BCUT2D eigenvalue weighted by molar-refractivity contribution is -0.125. The SMILES string of the molecule is C[C@]1(CN2C(=O)CNC2=O)CC1(Cl)Cl. The van der Waals surface area contributed by atoms with Gasteiger partial charge in [-0.05, 0) is 6.42 Å². The van der Waals surface area contributed by atoms with Crippen molar-refractivity contribution in [3.63, 3.8) is 0 Å². The van der Waals surface area contributed by atoms with Crippen molar-refractivity contribution in [2.24, 2.45) is 5.41 Å². The van der Waals surface area contributed by atoms with Crippen molar-refractivity contribution in [3.05, 3.63) is 0 Å². The van der Waals surface area contributed by atoms with Crippen LogP contribution in [0.15, 0.2) is 0 Å². The maximum absolute atomic E-state index is 11.3. The lowest BCUT2D eigenvalue weighted by atomic mass is 10.1. The summed E-state index contributed by atoms with van der Waals surface area (Å²) >= 11 is 11.8. The first kappa shape index (κ1) is 10.1. The molecule has 0 unspecified atom stereocenters. The van der Waals surface area contributed by atoms with E-state index in [0.29, 0.717) is 13.0 Å². The van der Waals surface area contributed by atoms with E-state index in [1.807, 2.05) is 6.92 Å². The Bertz CT molecular complexity index is 302. The number of carbonyl (C=O) groups is 2. The highest BCUT2D eigenvalue weighted by atomic mass is 35.5. The zero-order valence-corrected chi connectivity index (χ0v) is 9.15. The Morgan fingerprint density at radius 2 is 2.07 bits per heavy atom. The minimum Gasteiger partial charge on any atom is -0.329 e. The van der Waals surface area contributed by atoms with E-state index in [1.54, 1.807) is 0 Å². The van der Waals surface area contributed by atoms with Crippen LogP contribution < -0.4 is 5.32 Å². The van der Waals surface area contributed by atoms with Crippen molar-refractivity contribution in [1.29, 1.82) is 0 Å². The van der Waals surface area contributed by atoms with Crippen molar-refractivity contribution in [2.45, 2.75) is 17.7 Å². The Labute approximate surface area is 91.5 Å². The number of nitrogens with one attached hydrogen (secondary N) is 1. The molecular weight excluding hydrogens is 227 g/mol. The van der Waals surface area contributed by atoms with Crippen LogP contribution >= 0.6 is 23.2 Å². The van der Waals surface area contributed by atoms with E-state index in [-0.39, 0.29) is 23.9 Å². The van der Waals surface area contributed by atoms with Crippen molar-refractivity contribution in [1.82, 2.24) is 10.2 Å². The van der Waals surface area contributed by atoms with Gasteiger partial charge in [-0.25, -0.2) is 4.79 Å². The molecule has 0 aromatic rings. The van der Waals surface area contributed by atoms with E-state index >= 15 is 0 Å². The number of nitrogens with zero attached hydrogens (tertiary/aromatic N) is 1. The minimum absolute atomic E-state index is 0.0759. The van der Waals surface area contributed by atoms with Gasteiger partial charge in [-0.2, -0.15) is 0 Å². The van der Waals surface area contributed by atoms with Gasteiger partial charge in [-0.15, -0.1) is 23.2 Å². The molecule has 14 heavy (non-hydrogen) atoms. The zero-order chi connectivity index (χ0) is 10.6. The van der Waals surface area contributed by atoms with Gasteiger partial charge in [0.15, 0.2) is 0 Å². The van der Waals surface area contributed by atoms with E-state index in [0.717, 1.165) is 0 Å². The van der Waals surface area contributed by atoms with Crippen LogP contribution in [-0.2, 0) is 4.79 Å². The van der Waals surface area contributed by atoms with Gasteiger partial charge >= 0.3 is 6.03 Å². The number of hydrogen-bond donors (Lipinski definition) is 1. The van der Waals surface area contributed by atoms with Crippen LogP contribution in [0.1, 0.15) is 13.3 Å². The van der Waals surface area contributed by atoms with Crippen molar-refractivity contribution in [3.8, 4) is 0 Å². The van der Waals surface area contributed by atoms with Crippen LogP contribution in [0.5, 0.6) is 0 Å². The molecule has 6 heteroatoms. The highest BCUT2D eigenvalue weighted by Gasteiger charge is 2.64. The summed E-state index contributed by atoms with van der Waals surface area (Å²) in [6.45, 7) is 2.24. The lowest BCUT2D eigenvalue weighted by Gasteiger charge is -2.18. The third-order valence-electron chi connectivity index (χ3n) is 2.81. The summed E-state index contributed by atoms with van der Waals surface area (Å²) < 4.78 is -0.795. The van der Waals surface area contributed by atoms with Crippen LogP contribution in [0.2, 0.25) is 0 Å². The summed E-state index contributed by atoms with van der Waals surface area (Å²) in [5, 5.41) is 2.45. The van der Waals surface area contributed by atoms with Gasteiger partial charge in [0, 0.05) is 12.0 Å². The fourth-order valence-electron chi connectivity index (χ4n) is 1.58. The summed E-state index contributed by atoms with van der Waals surface area (Å²) in [4.78, 5) is 23.6. The average Bonchev–Trinajstić information content (AvgIpc) is 2.40. The summed E-state index contributed by atoms with van der Waals surface area (Å²) in [6, 6.07) is -0.354. The zero-order valence-electron chi connectivity index (χ0n) is 7.64. The maximum atomic E-state index is 11.3. The molecule has 2 fully saturated rings. The van der Waals surface area contributed by atoms with Gasteiger partial charge in [-0.3, -0.25) is 9.69 Å². The number of carbonyl (C=O) groups excluding carboxylic acids is 2. The largest absolute Gasteiger partial charge is 0.329 e. The molecule has 1 N–H and O–H groups in total. The fourth-order valence-corrected chi connectivity index (χ4v) is 2.29. The van der Waals surface area contributed by atoms with Crippen LogP contribution in [0.4, 0.5) is 4.79 Å². The Morgan fingerprint density at radius 3 is 2.43 bits per heavy atom. The van der Waals surface area contributed by atoms with Crippen LogP contribution in [0, 0.1) is 5.41 Å². The standard InChI is InChI=1S/C8H10Cl2N2O2/c1-7(3-8(7,9)10)4-12-5(13)2-11-6(12)14/h2-4H2,1H3,(H,11,14)/t7-/m1/s1. The minimum atomic E-state index is -0.795. The first-order valence-electron chi connectivity index (χ1n) is 4.32. The predicted octanol–water partition coefficient (Wildman–Crippen LogP) is 1.12. The summed E-state index contributed by atoms with van der Waals surface area (Å²) in [5.74, 6) is -0.216. The predicted molar refractivity (Wildman–Crippen MR) is 52.3 cm³/mol. The van der Waals surface area contributed by atoms with Crippen molar-refractivity contribution < 1.29 is 9.59 Å². The number of urea groups is 1. The number of amides is 3. The van der Waals surface area contributed by atoms with Crippen molar-refractivity contribution >= 4 is 35.1 Å². The quantitative estimate of drug-likeness (QED) is 0.578. The van der Waals surface area contributed by atoms with Gasteiger partial charge in [-0.1, -0.05) is 6.92 Å². The number of alkyl halides is 2. The lowest BCUT2D eigenvalue weighted by Crippen LogP contribution is -2.36. The number of rotatable bonds is 2. The molecule has 4 nitrogen and oxygen atoms in total. The molecule has 2 rings (SSSR count). The molecule has 0 bridgehead atoms. The number of halogens is 2. The number of hydrogen-bond acceptors (Lipinski definition) is 2. The molecule has 3 amide bonds. The number of imide groups is 1. The van der Waals surface area contributed by atoms with Crippen LogP contribution in [-0.4, -0.2) is 34.3 Å². The average molecular weight is 237 g/mol. The van der Waals surface area contributed by atoms with Gasteiger partial charge in [0.25, 0.3) is 0 Å². The molecule has 1 saturated carbocycles. The van der Waals surface area contributed by atoms with E-state index in [2.05, 4.69) is 5.32 Å². The highest BCUT2D eigenvalue weighted by molar-refractivity contribution is 6.51. The van der Waals surface area contributed by atoms with Crippen LogP contribution in [0.3, 0.4) is 0 Å². The second kappa shape index (κ2) is 2.76. The second-order valence-corrected chi connectivity index (χ2v) is 5.56. The Hall–Kier alpha value is -0.480. The van der Waals surface area contributed by atoms with Gasteiger partial charge in [0.1, 0.15) is 4.33 Å². The van der Waals surface area contributed by atoms with Gasteiger partial charge in [0.2, 0.25) is 5.91 Å². The molecule has 0 aromatic carbocycles. The molecule has 1 heterocycles. The van der Waals surface area contributed by atoms with E-state index in [9.17, 15) is 9.59 Å². The van der Waals surface area contributed by atoms with E-state index in [4.69, 9.17) is 23.2 Å². The van der Waals surface area contributed by atoms with E-state index < -0.39 is 4.33 Å². The van der Waals surface area contributed by atoms with Gasteiger partial charge in [0.05, 0.1) is 6.54 Å². The summed E-state index contributed by atoms with van der Waals surface area (Å²) in [6.07, 6.45) is 0.611. The first-order chi connectivity index (χ1) is 6.36. The normalized spacial score (nSPS) is 34.6. The van der Waals surface area contributed by atoms with E-state index in [1.165, 1.54) is 4.90 Å². The Morgan fingerprint density at radius 1 is 1.50 bits per heavy atom. The molecule has 0 radical (unpaired) electrons. The smallest absolute Gasteiger partial charge is 0.324 e. The maximum Gasteiger partial charge on any atom is 0.324 e. The molecule has 0 spiro atoms.